The molecule has 0 spiro atoms. The second kappa shape index (κ2) is 6.56. The molecule has 0 bridgehead atoms. The van der Waals surface area contributed by atoms with Crippen LogP contribution in [0, 0.1) is 0 Å². The summed E-state index contributed by atoms with van der Waals surface area (Å²) < 4.78 is 4.44. The highest BCUT2D eigenvalue weighted by atomic mass is 16.5. The Morgan fingerprint density at radius 2 is 1.70 bits per heavy atom. The molecule has 0 aliphatic carbocycles. The Morgan fingerprint density at radius 3 is 2.50 bits per heavy atom. The van der Waals surface area contributed by atoms with Gasteiger partial charge in [-0.25, -0.2) is 4.79 Å². The van der Waals surface area contributed by atoms with Crippen molar-refractivity contribution in [1.82, 2.24) is 10.6 Å². The molecule has 0 radical (unpaired) electrons. The van der Waals surface area contributed by atoms with Gasteiger partial charge in [-0.1, -0.05) is 36.4 Å². The first-order chi connectivity index (χ1) is 9.72. The lowest BCUT2D eigenvalue weighted by molar-refractivity contribution is 0.0954. The van der Waals surface area contributed by atoms with Gasteiger partial charge < -0.3 is 15.4 Å². The molecule has 0 aromatic heterocycles. The molecule has 2 aromatic carbocycles. The van der Waals surface area contributed by atoms with Crippen LogP contribution in [0.3, 0.4) is 0 Å². The van der Waals surface area contributed by atoms with Gasteiger partial charge in [0, 0.05) is 18.7 Å². The quantitative estimate of drug-likeness (QED) is 0.836. The number of hydrogen-bond acceptors (Lipinski definition) is 3. The molecule has 2 N–H and O–H groups in total. The third-order valence-electron chi connectivity index (χ3n) is 2.90. The van der Waals surface area contributed by atoms with E-state index in [9.17, 15) is 9.59 Å². The minimum atomic E-state index is -0.510. The summed E-state index contributed by atoms with van der Waals surface area (Å²) in [5.41, 5.74) is 0.626. The topological polar surface area (TPSA) is 67.4 Å². The summed E-state index contributed by atoms with van der Waals surface area (Å²) in [6.45, 7) is 0.667. The van der Waals surface area contributed by atoms with E-state index < -0.39 is 6.09 Å². The average Bonchev–Trinajstić information content (AvgIpc) is 2.50. The molecule has 0 aliphatic heterocycles. The van der Waals surface area contributed by atoms with E-state index in [-0.39, 0.29) is 5.91 Å². The van der Waals surface area contributed by atoms with E-state index in [4.69, 9.17) is 0 Å². The van der Waals surface area contributed by atoms with Crippen LogP contribution in [0.15, 0.2) is 42.5 Å². The largest absolute Gasteiger partial charge is 0.453 e. The zero-order valence-corrected chi connectivity index (χ0v) is 11.2. The first kappa shape index (κ1) is 13.9. The van der Waals surface area contributed by atoms with Crippen molar-refractivity contribution in [2.45, 2.75) is 0 Å². The highest BCUT2D eigenvalue weighted by Crippen LogP contribution is 2.18. The van der Waals surface area contributed by atoms with Crippen LogP contribution in [-0.4, -0.2) is 32.2 Å². The van der Waals surface area contributed by atoms with E-state index >= 15 is 0 Å². The van der Waals surface area contributed by atoms with Crippen LogP contribution in [0.2, 0.25) is 0 Å². The highest BCUT2D eigenvalue weighted by Gasteiger charge is 2.08. The predicted octanol–water partition coefficient (Wildman–Crippen LogP) is 1.93. The Balaban J connectivity index is 1.99. The van der Waals surface area contributed by atoms with Crippen LogP contribution in [0.4, 0.5) is 4.79 Å². The van der Waals surface area contributed by atoms with E-state index in [0.717, 1.165) is 10.8 Å². The third-order valence-corrected chi connectivity index (χ3v) is 2.90. The van der Waals surface area contributed by atoms with E-state index in [2.05, 4.69) is 15.4 Å². The summed E-state index contributed by atoms with van der Waals surface area (Å²) in [6, 6.07) is 13.3. The fraction of sp³-hybridized carbons (Fsp3) is 0.200. The van der Waals surface area contributed by atoms with Crippen molar-refractivity contribution < 1.29 is 14.3 Å². The fourth-order valence-corrected chi connectivity index (χ4v) is 1.93. The lowest BCUT2D eigenvalue weighted by Crippen LogP contribution is -2.34. The molecule has 0 heterocycles. The van der Waals surface area contributed by atoms with Gasteiger partial charge in [0.25, 0.3) is 5.91 Å². The molecule has 2 amide bonds. The molecule has 5 nitrogen and oxygen atoms in total. The summed E-state index contributed by atoms with van der Waals surface area (Å²) in [5, 5.41) is 7.19. The highest BCUT2D eigenvalue weighted by molar-refractivity contribution is 6.06. The molecule has 0 unspecified atom stereocenters. The Hall–Kier alpha value is -2.56. The number of carbonyl (C=O) groups is 2. The maximum atomic E-state index is 12.1. The molecule has 2 aromatic rings. The second-order valence-corrected chi connectivity index (χ2v) is 4.20. The zero-order valence-electron chi connectivity index (χ0n) is 11.2. The molecule has 0 atom stereocenters. The van der Waals surface area contributed by atoms with Gasteiger partial charge in [0.1, 0.15) is 0 Å². The maximum absolute atomic E-state index is 12.1. The fourth-order valence-electron chi connectivity index (χ4n) is 1.93. The zero-order chi connectivity index (χ0) is 14.4. The van der Waals surface area contributed by atoms with Gasteiger partial charge in [-0.2, -0.15) is 0 Å². The smallest absolute Gasteiger partial charge is 0.406 e. The monoisotopic (exact) mass is 272 g/mol. The van der Waals surface area contributed by atoms with E-state index in [1.54, 1.807) is 6.07 Å². The van der Waals surface area contributed by atoms with Crippen molar-refractivity contribution in [3.63, 3.8) is 0 Å². The van der Waals surface area contributed by atoms with Gasteiger partial charge in [0.05, 0.1) is 7.11 Å². The van der Waals surface area contributed by atoms with Crippen LogP contribution in [0.5, 0.6) is 0 Å². The lowest BCUT2D eigenvalue weighted by atomic mass is 10.0. The number of nitrogens with one attached hydrogen (secondary N) is 2. The van der Waals surface area contributed by atoms with Gasteiger partial charge in [-0.05, 0) is 16.8 Å². The lowest BCUT2D eigenvalue weighted by Gasteiger charge is -2.08. The summed E-state index contributed by atoms with van der Waals surface area (Å²) in [6.07, 6.45) is -0.510. The molecule has 2 rings (SSSR count). The van der Waals surface area contributed by atoms with Gasteiger partial charge in [-0.15, -0.1) is 0 Å². The standard InChI is InChI=1S/C15H16N2O3/c1-20-15(19)17-10-9-16-14(18)13-8-4-6-11-5-2-3-7-12(11)13/h2-8H,9-10H2,1H3,(H,16,18)(H,17,19). The molecule has 0 aliphatic rings. The average molecular weight is 272 g/mol. The first-order valence-corrected chi connectivity index (χ1v) is 6.30. The minimum Gasteiger partial charge on any atom is -0.453 e. The molecule has 0 fully saturated rings. The predicted molar refractivity (Wildman–Crippen MR) is 76.7 cm³/mol. The summed E-state index contributed by atoms with van der Waals surface area (Å²) in [5.74, 6) is -0.159. The summed E-state index contributed by atoms with van der Waals surface area (Å²) in [4.78, 5) is 23.0. The number of fused-ring (bicyclic) bond motifs is 1. The van der Waals surface area contributed by atoms with Crippen molar-refractivity contribution in [1.29, 1.82) is 0 Å². The number of benzene rings is 2. The van der Waals surface area contributed by atoms with Gasteiger partial charge in [-0.3, -0.25) is 4.79 Å². The van der Waals surface area contributed by atoms with E-state index in [1.807, 2.05) is 36.4 Å². The van der Waals surface area contributed by atoms with Crippen LogP contribution >= 0.6 is 0 Å². The molecular formula is C15H16N2O3. The number of rotatable bonds is 4. The van der Waals surface area contributed by atoms with Crippen molar-refractivity contribution in [3.05, 3.63) is 48.0 Å². The van der Waals surface area contributed by atoms with Crippen LogP contribution < -0.4 is 10.6 Å². The van der Waals surface area contributed by atoms with Crippen LogP contribution in [0.1, 0.15) is 10.4 Å². The Labute approximate surface area is 116 Å². The number of hydrogen-bond donors (Lipinski definition) is 2. The van der Waals surface area contributed by atoms with E-state index in [1.165, 1.54) is 7.11 Å². The SMILES string of the molecule is COC(=O)NCCNC(=O)c1cccc2ccccc12. The van der Waals surface area contributed by atoms with Crippen molar-refractivity contribution in [2.24, 2.45) is 0 Å². The third kappa shape index (κ3) is 3.26. The van der Waals surface area contributed by atoms with Gasteiger partial charge in [0.2, 0.25) is 0 Å². The first-order valence-electron chi connectivity index (χ1n) is 6.30. The molecule has 20 heavy (non-hydrogen) atoms. The molecule has 5 heteroatoms. The number of ether oxygens (including phenoxy) is 1. The van der Waals surface area contributed by atoms with Crippen LogP contribution in [-0.2, 0) is 4.74 Å². The summed E-state index contributed by atoms with van der Waals surface area (Å²) >= 11 is 0. The molecular weight excluding hydrogens is 256 g/mol. The van der Waals surface area contributed by atoms with Gasteiger partial charge in [0.15, 0.2) is 0 Å². The number of alkyl carbamates (subject to hydrolysis) is 1. The molecule has 104 valence electrons. The normalized spacial score (nSPS) is 10.1. The van der Waals surface area contributed by atoms with E-state index in [0.29, 0.717) is 18.7 Å². The number of carbonyl (C=O) groups excluding carboxylic acids is 2. The number of methoxy groups -OCH3 is 1. The van der Waals surface area contributed by atoms with Crippen molar-refractivity contribution in [3.8, 4) is 0 Å². The number of amides is 2. The van der Waals surface area contributed by atoms with Crippen molar-refractivity contribution in [2.75, 3.05) is 20.2 Å². The van der Waals surface area contributed by atoms with Crippen molar-refractivity contribution >= 4 is 22.8 Å². The Kier molecular flexibility index (Phi) is 4.55. The summed E-state index contributed by atoms with van der Waals surface area (Å²) in [7, 11) is 1.30. The molecule has 0 saturated carbocycles. The maximum Gasteiger partial charge on any atom is 0.406 e. The Bertz CT molecular complexity index is 620. The van der Waals surface area contributed by atoms with Crippen LogP contribution in [0.25, 0.3) is 10.8 Å². The molecule has 0 saturated heterocycles. The van der Waals surface area contributed by atoms with Gasteiger partial charge >= 0.3 is 6.09 Å². The minimum absolute atomic E-state index is 0.159. The second-order valence-electron chi connectivity index (χ2n) is 4.20. The Morgan fingerprint density at radius 1 is 1.00 bits per heavy atom.